The molecule has 2 aromatic carbocycles. The van der Waals surface area contributed by atoms with E-state index in [1.54, 1.807) is 43.0 Å². The molecule has 0 unspecified atom stereocenters. The molecule has 126 valence electrons. The number of hydrogen-bond acceptors (Lipinski definition) is 4. The molecule has 1 N–H and O–H groups in total. The Kier molecular flexibility index (Phi) is 6.87. The highest BCUT2D eigenvalue weighted by atomic mass is 79.9. The fourth-order valence-electron chi connectivity index (χ4n) is 1.94. The second kappa shape index (κ2) is 8.89. The van der Waals surface area contributed by atoms with Gasteiger partial charge in [-0.1, -0.05) is 28.1 Å². The first-order chi connectivity index (χ1) is 11.5. The van der Waals surface area contributed by atoms with Crippen LogP contribution >= 0.6 is 27.7 Å². The van der Waals surface area contributed by atoms with Crippen molar-refractivity contribution in [2.45, 2.75) is 24.5 Å². The van der Waals surface area contributed by atoms with Crippen molar-refractivity contribution in [3.05, 3.63) is 64.1 Å². The van der Waals surface area contributed by atoms with Crippen LogP contribution in [0.4, 0.5) is 0 Å². The Balaban J connectivity index is 1.84. The summed E-state index contributed by atoms with van der Waals surface area (Å²) in [4.78, 5) is 25.2. The van der Waals surface area contributed by atoms with Crippen molar-refractivity contribution in [2.24, 2.45) is 0 Å². The Morgan fingerprint density at radius 1 is 1.12 bits per heavy atom. The summed E-state index contributed by atoms with van der Waals surface area (Å²) in [5, 5.41) is 2.64. The number of benzene rings is 2. The summed E-state index contributed by atoms with van der Waals surface area (Å²) in [7, 11) is 0. The van der Waals surface area contributed by atoms with Gasteiger partial charge < -0.3 is 10.1 Å². The van der Waals surface area contributed by atoms with Crippen LogP contribution in [0.5, 0.6) is 0 Å². The van der Waals surface area contributed by atoms with Crippen molar-refractivity contribution in [1.29, 1.82) is 0 Å². The summed E-state index contributed by atoms with van der Waals surface area (Å²) < 4.78 is 6.14. The Hall–Kier alpha value is -1.79. The molecule has 0 saturated carbocycles. The molecule has 24 heavy (non-hydrogen) atoms. The molecule has 2 rings (SSSR count). The molecule has 2 aromatic rings. The molecule has 1 amide bonds. The van der Waals surface area contributed by atoms with E-state index >= 15 is 0 Å². The van der Waals surface area contributed by atoms with Gasteiger partial charge in [-0.3, -0.25) is 4.79 Å². The standard InChI is InChI=1S/C18H18BrNO3S/c1-12(20-17(21)14-5-7-15(19)8-6-14)18(22)23-11-13-3-9-16(24-2)10-4-13/h3-10,12H,11H2,1-2H3,(H,20,21)/t12-/m0/s1. The molecule has 6 heteroatoms. The zero-order chi connectivity index (χ0) is 17.5. The quantitative estimate of drug-likeness (QED) is 0.579. The molecule has 0 aliphatic heterocycles. The fourth-order valence-corrected chi connectivity index (χ4v) is 2.61. The first-order valence-electron chi connectivity index (χ1n) is 7.35. The molecule has 1 atom stereocenters. The Labute approximate surface area is 154 Å². The minimum absolute atomic E-state index is 0.186. The van der Waals surface area contributed by atoms with E-state index in [2.05, 4.69) is 21.2 Å². The van der Waals surface area contributed by atoms with Gasteiger partial charge in [-0.05, 0) is 55.1 Å². The third-order valence-electron chi connectivity index (χ3n) is 3.35. The lowest BCUT2D eigenvalue weighted by molar-refractivity contribution is -0.146. The second-order valence-electron chi connectivity index (χ2n) is 5.16. The zero-order valence-corrected chi connectivity index (χ0v) is 15.8. The van der Waals surface area contributed by atoms with E-state index in [1.807, 2.05) is 30.5 Å². The van der Waals surface area contributed by atoms with E-state index < -0.39 is 12.0 Å². The van der Waals surface area contributed by atoms with Crippen LogP contribution < -0.4 is 5.32 Å². The SMILES string of the molecule is CSc1ccc(COC(=O)[C@H](C)NC(=O)c2ccc(Br)cc2)cc1. The van der Waals surface area contributed by atoms with Crippen molar-refractivity contribution < 1.29 is 14.3 Å². The van der Waals surface area contributed by atoms with Gasteiger partial charge in [0.2, 0.25) is 0 Å². The number of hydrogen-bond donors (Lipinski definition) is 1. The average Bonchev–Trinajstić information content (AvgIpc) is 2.60. The molecule has 0 heterocycles. The van der Waals surface area contributed by atoms with Gasteiger partial charge in [0.15, 0.2) is 0 Å². The summed E-state index contributed by atoms with van der Waals surface area (Å²) in [6.07, 6.45) is 2.00. The molecular formula is C18H18BrNO3S. The van der Waals surface area contributed by atoms with Gasteiger partial charge in [-0.25, -0.2) is 4.79 Å². The normalized spacial score (nSPS) is 11.6. The molecule has 0 aromatic heterocycles. The minimum Gasteiger partial charge on any atom is -0.459 e. The van der Waals surface area contributed by atoms with Gasteiger partial charge in [0.05, 0.1) is 0 Å². The number of amides is 1. The number of ether oxygens (including phenoxy) is 1. The number of halogens is 1. The summed E-state index contributed by atoms with van der Waals surface area (Å²) in [5.41, 5.74) is 1.40. The van der Waals surface area contributed by atoms with Crippen LogP contribution in [-0.4, -0.2) is 24.2 Å². The van der Waals surface area contributed by atoms with Crippen molar-refractivity contribution in [1.82, 2.24) is 5.32 Å². The van der Waals surface area contributed by atoms with Gasteiger partial charge in [-0.15, -0.1) is 11.8 Å². The summed E-state index contributed by atoms with van der Waals surface area (Å²) in [6.45, 7) is 1.79. The van der Waals surface area contributed by atoms with E-state index in [0.717, 1.165) is 14.9 Å². The Morgan fingerprint density at radius 3 is 2.33 bits per heavy atom. The van der Waals surface area contributed by atoms with E-state index in [-0.39, 0.29) is 12.5 Å². The first-order valence-corrected chi connectivity index (χ1v) is 9.37. The van der Waals surface area contributed by atoms with Crippen LogP contribution in [0.2, 0.25) is 0 Å². The zero-order valence-electron chi connectivity index (χ0n) is 13.4. The van der Waals surface area contributed by atoms with Crippen LogP contribution in [0.3, 0.4) is 0 Å². The van der Waals surface area contributed by atoms with E-state index in [1.165, 1.54) is 0 Å². The molecular weight excluding hydrogens is 390 g/mol. The van der Waals surface area contributed by atoms with E-state index in [0.29, 0.717) is 5.56 Å². The lowest BCUT2D eigenvalue weighted by Gasteiger charge is -2.13. The van der Waals surface area contributed by atoms with Crippen LogP contribution in [0.25, 0.3) is 0 Å². The van der Waals surface area contributed by atoms with E-state index in [4.69, 9.17) is 4.74 Å². The van der Waals surface area contributed by atoms with Crippen molar-refractivity contribution >= 4 is 39.6 Å². The smallest absolute Gasteiger partial charge is 0.328 e. The molecule has 0 saturated heterocycles. The van der Waals surface area contributed by atoms with E-state index in [9.17, 15) is 9.59 Å². The Morgan fingerprint density at radius 2 is 1.75 bits per heavy atom. The molecule has 0 bridgehead atoms. The molecule has 0 radical (unpaired) electrons. The molecule has 0 aliphatic rings. The number of rotatable bonds is 6. The minimum atomic E-state index is -0.716. The number of esters is 1. The molecule has 0 spiro atoms. The predicted molar refractivity (Wildman–Crippen MR) is 99.1 cm³/mol. The third-order valence-corrected chi connectivity index (χ3v) is 4.62. The maximum Gasteiger partial charge on any atom is 0.328 e. The number of carbonyl (C=O) groups is 2. The second-order valence-corrected chi connectivity index (χ2v) is 6.95. The third kappa shape index (κ3) is 5.39. The Bertz CT molecular complexity index is 701. The highest BCUT2D eigenvalue weighted by molar-refractivity contribution is 9.10. The van der Waals surface area contributed by atoms with Crippen molar-refractivity contribution in [3.63, 3.8) is 0 Å². The summed E-state index contributed by atoms with van der Waals surface area (Å²) in [5.74, 6) is -0.773. The topological polar surface area (TPSA) is 55.4 Å². The van der Waals surface area contributed by atoms with Crippen molar-refractivity contribution in [2.75, 3.05) is 6.26 Å². The maximum atomic E-state index is 12.1. The number of carbonyl (C=O) groups excluding carboxylic acids is 2. The van der Waals surface area contributed by atoms with Crippen LogP contribution in [0.1, 0.15) is 22.8 Å². The fraction of sp³-hybridized carbons (Fsp3) is 0.222. The van der Waals surface area contributed by atoms with Gasteiger partial charge in [0.25, 0.3) is 5.91 Å². The van der Waals surface area contributed by atoms with Gasteiger partial charge >= 0.3 is 5.97 Å². The monoisotopic (exact) mass is 407 g/mol. The van der Waals surface area contributed by atoms with Gasteiger partial charge in [0.1, 0.15) is 12.6 Å². The molecule has 0 aliphatic carbocycles. The summed E-state index contributed by atoms with van der Waals surface area (Å²) >= 11 is 4.97. The largest absolute Gasteiger partial charge is 0.459 e. The maximum absolute atomic E-state index is 12.1. The van der Waals surface area contributed by atoms with Crippen molar-refractivity contribution in [3.8, 4) is 0 Å². The lowest BCUT2D eigenvalue weighted by Crippen LogP contribution is -2.39. The predicted octanol–water partition coefficient (Wildman–Crippen LogP) is 4.03. The number of nitrogens with one attached hydrogen (secondary N) is 1. The number of thioether (sulfide) groups is 1. The summed E-state index contributed by atoms with van der Waals surface area (Å²) in [6, 6.07) is 14.0. The van der Waals surface area contributed by atoms with Gasteiger partial charge in [0, 0.05) is 14.9 Å². The highest BCUT2D eigenvalue weighted by Gasteiger charge is 2.18. The molecule has 4 nitrogen and oxygen atoms in total. The average molecular weight is 408 g/mol. The lowest BCUT2D eigenvalue weighted by atomic mass is 10.2. The van der Waals surface area contributed by atoms with Crippen LogP contribution in [0.15, 0.2) is 57.9 Å². The van der Waals surface area contributed by atoms with Crippen LogP contribution in [-0.2, 0) is 16.1 Å². The van der Waals surface area contributed by atoms with Gasteiger partial charge in [-0.2, -0.15) is 0 Å². The highest BCUT2D eigenvalue weighted by Crippen LogP contribution is 2.15. The molecule has 0 fully saturated rings. The first kappa shape index (κ1) is 18.5. The van der Waals surface area contributed by atoms with Crippen LogP contribution in [0, 0.1) is 0 Å².